The molecule has 0 spiro atoms. The standard InChI is InChI=1S/C7H12.C5H8.C2H6/c1-2-4-7-5-6(7)3-1;1-2-4-5-3-1;1-2/h6-7H,1-5H2;1-2H,3-5H2;1-2H3. The van der Waals surface area contributed by atoms with Crippen molar-refractivity contribution in [3.05, 3.63) is 12.2 Å². The van der Waals surface area contributed by atoms with E-state index in [2.05, 4.69) is 12.2 Å². The van der Waals surface area contributed by atoms with Crippen molar-refractivity contribution in [2.24, 2.45) is 11.8 Å². The lowest BCUT2D eigenvalue weighted by Gasteiger charge is -2.05. The summed E-state index contributed by atoms with van der Waals surface area (Å²) < 4.78 is 0. The van der Waals surface area contributed by atoms with Crippen LogP contribution in [0, 0.1) is 11.8 Å². The molecule has 14 heavy (non-hydrogen) atoms. The Morgan fingerprint density at radius 2 is 1.29 bits per heavy atom. The summed E-state index contributed by atoms with van der Waals surface area (Å²) >= 11 is 0. The first-order valence-corrected chi connectivity index (χ1v) is 6.62. The summed E-state index contributed by atoms with van der Waals surface area (Å²) in [4.78, 5) is 0. The SMILES string of the molecule is C1=CCCC1.C1CCC2CC2C1.CC. The summed E-state index contributed by atoms with van der Waals surface area (Å²) in [6.07, 6.45) is 16.3. The van der Waals surface area contributed by atoms with Crippen LogP contribution in [0.5, 0.6) is 0 Å². The maximum absolute atomic E-state index is 2.24. The van der Waals surface area contributed by atoms with E-state index in [-0.39, 0.29) is 0 Å². The van der Waals surface area contributed by atoms with E-state index in [1.165, 1.54) is 43.9 Å². The summed E-state index contributed by atoms with van der Waals surface area (Å²) in [6.45, 7) is 4.00. The Hall–Kier alpha value is -0.260. The normalized spacial score (nSPS) is 31.9. The van der Waals surface area contributed by atoms with E-state index in [0.29, 0.717) is 0 Å². The van der Waals surface area contributed by atoms with E-state index in [1.54, 1.807) is 19.3 Å². The fourth-order valence-corrected chi connectivity index (χ4v) is 2.42. The number of rotatable bonds is 0. The Balaban J connectivity index is 0.000000125. The smallest absolute Gasteiger partial charge is 0.0348 e. The highest BCUT2D eigenvalue weighted by molar-refractivity contribution is 4.89. The molecule has 2 fully saturated rings. The van der Waals surface area contributed by atoms with Crippen LogP contribution >= 0.6 is 0 Å². The fraction of sp³-hybridized carbons (Fsp3) is 0.857. The van der Waals surface area contributed by atoms with Gasteiger partial charge in [-0.15, -0.1) is 0 Å². The van der Waals surface area contributed by atoms with E-state index < -0.39 is 0 Å². The molecule has 0 bridgehead atoms. The van der Waals surface area contributed by atoms with Gasteiger partial charge >= 0.3 is 0 Å². The number of hydrogen-bond acceptors (Lipinski definition) is 0. The maximum Gasteiger partial charge on any atom is -0.0348 e. The van der Waals surface area contributed by atoms with Gasteiger partial charge in [-0.2, -0.15) is 0 Å². The van der Waals surface area contributed by atoms with E-state index in [9.17, 15) is 0 Å². The van der Waals surface area contributed by atoms with Gasteiger partial charge in [0.05, 0.1) is 0 Å². The van der Waals surface area contributed by atoms with Crippen LogP contribution in [0.2, 0.25) is 0 Å². The first kappa shape index (κ1) is 11.8. The quantitative estimate of drug-likeness (QED) is 0.479. The van der Waals surface area contributed by atoms with Gasteiger partial charge in [0.1, 0.15) is 0 Å². The third-order valence-electron chi connectivity index (χ3n) is 3.38. The Labute approximate surface area is 89.8 Å². The third-order valence-corrected chi connectivity index (χ3v) is 3.38. The predicted octanol–water partition coefficient (Wildman–Crippen LogP) is 4.95. The average Bonchev–Trinajstić information content (AvgIpc) is 2.79. The minimum absolute atomic E-state index is 1.20. The Morgan fingerprint density at radius 3 is 1.57 bits per heavy atom. The second-order valence-electron chi connectivity index (χ2n) is 4.44. The summed E-state index contributed by atoms with van der Waals surface area (Å²) in [5, 5.41) is 0. The van der Waals surface area contributed by atoms with Gasteiger partial charge < -0.3 is 0 Å². The lowest BCUT2D eigenvalue weighted by Crippen LogP contribution is -1.91. The predicted molar refractivity (Wildman–Crippen MR) is 64.4 cm³/mol. The second kappa shape index (κ2) is 7.09. The van der Waals surface area contributed by atoms with Gasteiger partial charge in [0.2, 0.25) is 0 Å². The topological polar surface area (TPSA) is 0 Å². The Kier molecular flexibility index (Phi) is 5.98. The molecule has 2 saturated carbocycles. The molecule has 0 heterocycles. The average molecular weight is 194 g/mol. The molecule has 2 atom stereocenters. The van der Waals surface area contributed by atoms with E-state index in [4.69, 9.17) is 0 Å². The molecule has 0 N–H and O–H groups in total. The highest BCUT2D eigenvalue weighted by Gasteiger charge is 2.37. The van der Waals surface area contributed by atoms with Crippen LogP contribution in [-0.2, 0) is 0 Å². The molecule has 0 aromatic carbocycles. The second-order valence-corrected chi connectivity index (χ2v) is 4.44. The molecule has 0 nitrogen and oxygen atoms in total. The first-order chi connectivity index (χ1) is 6.97. The molecule has 3 rings (SSSR count). The van der Waals surface area contributed by atoms with Crippen molar-refractivity contribution in [2.75, 3.05) is 0 Å². The van der Waals surface area contributed by atoms with Crippen LogP contribution in [0.15, 0.2) is 12.2 Å². The molecular formula is C14H26. The van der Waals surface area contributed by atoms with Gasteiger partial charge in [0.15, 0.2) is 0 Å². The van der Waals surface area contributed by atoms with Crippen molar-refractivity contribution < 1.29 is 0 Å². The van der Waals surface area contributed by atoms with Crippen LogP contribution in [0.1, 0.15) is 65.2 Å². The van der Waals surface area contributed by atoms with E-state index in [0.717, 1.165) is 0 Å². The number of allylic oxidation sites excluding steroid dienone is 2. The first-order valence-electron chi connectivity index (χ1n) is 6.62. The molecule has 3 aliphatic carbocycles. The molecule has 2 unspecified atom stereocenters. The largest absolute Gasteiger partial charge is 0.0885 e. The summed E-state index contributed by atoms with van der Waals surface area (Å²) in [5.41, 5.74) is 0. The monoisotopic (exact) mass is 194 g/mol. The van der Waals surface area contributed by atoms with Gasteiger partial charge in [-0.1, -0.05) is 51.7 Å². The van der Waals surface area contributed by atoms with Gasteiger partial charge in [-0.3, -0.25) is 0 Å². The number of fused-ring (bicyclic) bond motifs is 1. The van der Waals surface area contributed by atoms with Crippen molar-refractivity contribution in [1.82, 2.24) is 0 Å². The molecule has 82 valence electrons. The van der Waals surface area contributed by atoms with Crippen molar-refractivity contribution in [2.45, 2.75) is 65.2 Å². The van der Waals surface area contributed by atoms with Crippen molar-refractivity contribution >= 4 is 0 Å². The molecule has 0 saturated heterocycles. The van der Waals surface area contributed by atoms with Crippen molar-refractivity contribution in [3.8, 4) is 0 Å². The highest BCUT2D eigenvalue weighted by Crippen LogP contribution is 2.49. The van der Waals surface area contributed by atoms with Crippen LogP contribution in [0.3, 0.4) is 0 Å². The minimum Gasteiger partial charge on any atom is -0.0885 e. The lowest BCUT2D eigenvalue weighted by atomic mass is 10.0. The van der Waals surface area contributed by atoms with Crippen molar-refractivity contribution in [3.63, 3.8) is 0 Å². The third kappa shape index (κ3) is 4.30. The number of hydrogen-bond donors (Lipinski definition) is 0. The lowest BCUT2D eigenvalue weighted by molar-refractivity contribution is 0.480. The van der Waals surface area contributed by atoms with E-state index in [1.807, 2.05) is 13.8 Å². The molecule has 0 aromatic rings. The molecule has 0 heteroatoms. The van der Waals surface area contributed by atoms with Gasteiger partial charge in [0.25, 0.3) is 0 Å². The van der Waals surface area contributed by atoms with Gasteiger partial charge in [0, 0.05) is 0 Å². The zero-order valence-electron chi connectivity index (χ0n) is 9.97. The van der Waals surface area contributed by atoms with Gasteiger partial charge in [-0.05, 0) is 37.5 Å². The molecule has 0 aliphatic heterocycles. The minimum atomic E-state index is 1.20. The van der Waals surface area contributed by atoms with Crippen molar-refractivity contribution in [1.29, 1.82) is 0 Å². The molecular weight excluding hydrogens is 168 g/mol. The van der Waals surface area contributed by atoms with Crippen LogP contribution in [0.4, 0.5) is 0 Å². The Morgan fingerprint density at radius 1 is 0.786 bits per heavy atom. The molecule has 0 amide bonds. The maximum atomic E-state index is 2.24. The summed E-state index contributed by atoms with van der Waals surface area (Å²) in [6, 6.07) is 0. The fourth-order valence-electron chi connectivity index (χ4n) is 2.42. The molecule has 0 aromatic heterocycles. The Bertz CT molecular complexity index is 141. The molecule has 0 radical (unpaired) electrons. The molecule has 3 aliphatic rings. The summed E-state index contributed by atoms with van der Waals surface area (Å²) in [7, 11) is 0. The zero-order valence-corrected chi connectivity index (χ0v) is 9.97. The highest BCUT2D eigenvalue weighted by atomic mass is 14.4. The van der Waals surface area contributed by atoms with Gasteiger partial charge in [-0.25, -0.2) is 0 Å². The zero-order chi connectivity index (χ0) is 10.2. The van der Waals surface area contributed by atoms with Crippen LogP contribution < -0.4 is 0 Å². The van der Waals surface area contributed by atoms with Crippen LogP contribution in [-0.4, -0.2) is 0 Å². The summed E-state index contributed by atoms with van der Waals surface area (Å²) in [5.74, 6) is 2.41. The van der Waals surface area contributed by atoms with Crippen LogP contribution in [0.25, 0.3) is 0 Å². The van der Waals surface area contributed by atoms with E-state index >= 15 is 0 Å².